The number of nitrogens with two attached hydrogens (primary N) is 1. The van der Waals surface area contributed by atoms with Gasteiger partial charge in [-0.2, -0.15) is 15.0 Å². The highest BCUT2D eigenvalue weighted by Crippen LogP contribution is 2.24. The molecule has 7 nitrogen and oxygen atoms in total. The van der Waals surface area contributed by atoms with E-state index in [1.165, 1.54) is 5.56 Å². The molecule has 1 heterocycles. The van der Waals surface area contributed by atoms with Crippen LogP contribution in [0.5, 0.6) is 5.75 Å². The second-order valence-corrected chi connectivity index (χ2v) is 7.46. The topological polar surface area (TPSA) is 98.0 Å². The molecule has 0 saturated carbocycles. The van der Waals surface area contributed by atoms with Crippen molar-refractivity contribution in [1.29, 1.82) is 0 Å². The van der Waals surface area contributed by atoms with Gasteiger partial charge in [0.1, 0.15) is 5.75 Å². The van der Waals surface area contributed by atoms with E-state index >= 15 is 0 Å². The fourth-order valence-corrected chi connectivity index (χ4v) is 2.73. The summed E-state index contributed by atoms with van der Waals surface area (Å²) in [4.78, 5) is 12.7. The van der Waals surface area contributed by atoms with E-state index < -0.39 is 0 Å². The summed E-state index contributed by atoms with van der Waals surface area (Å²) >= 11 is 0. The molecule has 0 radical (unpaired) electrons. The third kappa shape index (κ3) is 4.88. The van der Waals surface area contributed by atoms with Crippen LogP contribution >= 0.6 is 0 Å². The number of methoxy groups -OCH3 is 1. The van der Waals surface area contributed by atoms with Gasteiger partial charge in [-0.05, 0) is 29.2 Å². The van der Waals surface area contributed by atoms with Crippen LogP contribution in [0.3, 0.4) is 0 Å². The highest BCUT2D eigenvalue weighted by molar-refractivity contribution is 5.56. The molecular weight excluding hydrogens is 352 g/mol. The van der Waals surface area contributed by atoms with Crippen molar-refractivity contribution in [3.05, 3.63) is 59.7 Å². The summed E-state index contributed by atoms with van der Waals surface area (Å²) in [5.74, 6) is 1.73. The van der Waals surface area contributed by atoms with Crippen molar-refractivity contribution < 1.29 is 4.74 Å². The molecular formula is C21H26N6O. The van der Waals surface area contributed by atoms with Gasteiger partial charge in [0.15, 0.2) is 0 Å². The van der Waals surface area contributed by atoms with Crippen molar-refractivity contribution in [1.82, 2.24) is 15.0 Å². The first kappa shape index (κ1) is 19.4. The fourth-order valence-electron chi connectivity index (χ4n) is 2.73. The lowest BCUT2D eigenvalue weighted by molar-refractivity contribution is 0.410. The van der Waals surface area contributed by atoms with Crippen LogP contribution in [0.1, 0.15) is 31.9 Å². The van der Waals surface area contributed by atoms with Crippen LogP contribution in [0.25, 0.3) is 0 Å². The summed E-state index contributed by atoms with van der Waals surface area (Å²) < 4.78 is 5.36. The lowest BCUT2D eigenvalue weighted by atomic mass is 9.87. The molecule has 0 aliphatic carbocycles. The average Bonchev–Trinajstić information content (AvgIpc) is 2.66. The van der Waals surface area contributed by atoms with Gasteiger partial charge in [0, 0.05) is 17.8 Å². The number of nitrogens with one attached hydrogen (secondary N) is 2. The predicted octanol–water partition coefficient (Wildman–Crippen LogP) is 4.12. The number of rotatable bonds is 6. The maximum atomic E-state index is 5.85. The molecule has 0 bridgehead atoms. The number of nitrogens with zero attached hydrogens (tertiary/aromatic N) is 3. The first-order valence-electron chi connectivity index (χ1n) is 9.10. The Hall–Kier alpha value is -3.35. The van der Waals surface area contributed by atoms with Gasteiger partial charge in [-0.15, -0.1) is 0 Å². The van der Waals surface area contributed by atoms with E-state index in [2.05, 4.69) is 58.5 Å². The first-order valence-corrected chi connectivity index (χ1v) is 9.10. The second kappa shape index (κ2) is 8.12. The van der Waals surface area contributed by atoms with Gasteiger partial charge in [0.25, 0.3) is 0 Å². The molecule has 7 heteroatoms. The summed E-state index contributed by atoms with van der Waals surface area (Å²) in [6.45, 7) is 7.05. The van der Waals surface area contributed by atoms with E-state index in [1.54, 1.807) is 7.11 Å². The van der Waals surface area contributed by atoms with Crippen molar-refractivity contribution in [2.24, 2.45) is 0 Å². The minimum atomic E-state index is 0.103. The van der Waals surface area contributed by atoms with E-state index in [0.29, 0.717) is 18.4 Å². The second-order valence-electron chi connectivity index (χ2n) is 7.46. The molecule has 4 N–H and O–H groups in total. The van der Waals surface area contributed by atoms with Crippen LogP contribution in [0.2, 0.25) is 0 Å². The van der Waals surface area contributed by atoms with Gasteiger partial charge in [-0.3, -0.25) is 0 Å². The van der Waals surface area contributed by atoms with E-state index in [9.17, 15) is 0 Å². The van der Waals surface area contributed by atoms with Gasteiger partial charge < -0.3 is 21.1 Å². The maximum Gasteiger partial charge on any atom is 0.233 e. The molecule has 0 atom stereocenters. The summed E-state index contributed by atoms with van der Waals surface area (Å²) in [6.07, 6.45) is 0. The highest BCUT2D eigenvalue weighted by atomic mass is 16.5. The fraction of sp³-hybridized carbons (Fsp3) is 0.286. The van der Waals surface area contributed by atoms with Gasteiger partial charge in [0.05, 0.1) is 7.11 Å². The molecule has 0 unspecified atom stereocenters. The summed E-state index contributed by atoms with van der Waals surface area (Å²) in [5, 5.41) is 6.35. The van der Waals surface area contributed by atoms with Gasteiger partial charge >= 0.3 is 0 Å². The smallest absolute Gasteiger partial charge is 0.233 e. The summed E-state index contributed by atoms with van der Waals surface area (Å²) in [5.41, 5.74) is 9.09. The maximum absolute atomic E-state index is 5.85. The molecule has 0 fully saturated rings. The van der Waals surface area contributed by atoms with Crippen molar-refractivity contribution >= 4 is 23.5 Å². The molecule has 1 aromatic heterocycles. The Morgan fingerprint density at radius 3 is 2.29 bits per heavy atom. The SMILES string of the molecule is COc1ccccc1CNc1nc(N)nc(Nc2ccc(C(C)(C)C)cc2)n1. The third-order valence-electron chi connectivity index (χ3n) is 4.29. The summed E-state index contributed by atoms with van der Waals surface area (Å²) in [6, 6.07) is 16.0. The Morgan fingerprint density at radius 2 is 1.61 bits per heavy atom. The average molecular weight is 378 g/mol. The molecule has 0 spiro atoms. The third-order valence-corrected chi connectivity index (χ3v) is 4.29. The van der Waals surface area contributed by atoms with Gasteiger partial charge in [0.2, 0.25) is 17.8 Å². The molecule has 28 heavy (non-hydrogen) atoms. The van der Waals surface area contributed by atoms with Crippen LogP contribution < -0.4 is 21.1 Å². The number of nitrogen functional groups attached to an aromatic ring is 1. The van der Waals surface area contributed by atoms with Crippen molar-refractivity contribution in [3.63, 3.8) is 0 Å². The number of hydrogen-bond donors (Lipinski definition) is 3. The number of benzene rings is 2. The minimum absolute atomic E-state index is 0.103. The number of aromatic nitrogens is 3. The first-order chi connectivity index (χ1) is 13.3. The molecule has 3 aromatic rings. The molecule has 2 aromatic carbocycles. The number of para-hydroxylation sites is 1. The van der Waals surface area contributed by atoms with E-state index in [0.717, 1.165) is 17.0 Å². The molecule has 146 valence electrons. The monoisotopic (exact) mass is 378 g/mol. The highest BCUT2D eigenvalue weighted by Gasteiger charge is 2.13. The number of anilines is 4. The van der Waals surface area contributed by atoms with Crippen molar-refractivity contribution in [2.45, 2.75) is 32.7 Å². The molecule has 3 rings (SSSR count). The zero-order valence-corrected chi connectivity index (χ0v) is 16.7. The van der Waals surface area contributed by atoms with Gasteiger partial charge in [-0.1, -0.05) is 51.1 Å². The Morgan fingerprint density at radius 1 is 0.929 bits per heavy atom. The quantitative estimate of drug-likeness (QED) is 0.593. The number of ether oxygens (including phenoxy) is 1. The van der Waals surface area contributed by atoms with Crippen LogP contribution in [0.15, 0.2) is 48.5 Å². The molecule has 0 aliphatic rings. The predicted molar refractivity (Wildman–Crippen MR) is 113 cm³/mol. The largest absolute Gasteiger partial charge is 0.496 e. The minimum Gasteiger partial charge on any atom is -0.496 e. The van der Waals surface area contributed by atoms with Crippen LogP contribution in [-0.2, 0) is 12.0 Å². The number of hydrogen-bond acceptors (Lipinski definition) is 7. The molecule has 0 aliphatic heterocycles. The standard InChI is InChI=1S/C21H26N6O/c1-21(2,3)15-9-11-16(12-10-15)24-20-26-18(22)25-19(27-20)23-13-14-7-5-6-8-17(14)28-4/h5-12H,13H2,1-4H3,(H4,22,23,24,25,26,27). The van der Waals surface area contributed by atoms with Crippen LogP contribution in [-0.4, -0.2) is 22.1 Å². The molecule has 0 amide bonds. The zero-order chi connectivity index (χ0) is 20.1. The van der Waals surface area contributed by atoms with Crippen LogP contribution in [0.4, 0.5) is 23.5 Å². The lowest BCUT2D eigenvalue weighted by Crippen LogP contribution is -2.11. The summed E-state index contributed by atoms with van der Waals surface area (Å²) in [7, 11) is 1.65. The van der Waals surface area contributed by atoms with Crippen molar-refractivity contribution in [3.8, 4) is 5.75 Å². The Balaban J connectivity index is 1.72. The van der Waals surface area contributed by atoms with Gasteiger partial charge in [-0.25, -0.2) is 0 Å². The van der Waals surface area contributed by atoms with E-state index in [-0.39, 0.29) is 11.4 Å². The molecule has 0 saturated heterocycles. The zero-order valence-electron chi connectivity index (χ0n) is 16.7. The van der Waals surface area contributed by atoms with E-state index in [1.807, 2.05) is 36.4 Å². The normalized spacial score (nSPS) is 11.1. The van der Waals surface area contributed by atoms with Crippen molar-refractivity contribution in [2.75, 3.05) is 23.5 Å². The van der Waals surface area contributed by atoms with E-state index in [4.69, 9.17) is 10.5 Å². The Kier molecular flexibility index (Phi) is 5.63. The Labute approximate surface area is 165 Å². The van der Waals surface area contributed by atoms with Crippen LogP contribution in [0, 0.1) is 0 Å². The Bertz CT molecular complexity index is 934. The lowest BCUT2D eigenvalue weighted by Gasteiger charge is -2.19.